The first-order chi connectivity index (χ1) is 14.6. The maximum atomic E-state index is 12.2. The summed E-state index contributed by atoms with van der Waals surface area (Å²) in [5.41, 5.74) is 6.71. The van der Waals surface area contributed by atoms with Crippen LogP contribution in [0.3, 0.4) is 0 Å². The zero-order valence-electron chi connectivity index (χ0n) is 17.0. The van der Waals surface area contributed by atoms with Crippen molar-refractivity contribution in [1.82, 2.24) is 5.32 Å². The molecule has 1 amide bonds. The molecule has 0 fully saturated rings. The number of aryl methyl sites for hydroxylation is 1. The van der Waals surface area contributed by atoms with Gasteiger partial charge in [0.1, 0.15) is 12.4 Å². The number of phenolic OH excluding ortho intramolecular Hbond substituents is 1. The molecule has 2 N–H and O–H groups in total. The molecule has 4 rings (SSSR count). The van der Waals surface area contributed by atoms with Crippen LogP contribution in [-0.2, 0) is 4.74 Å². The molecule has 0 bridgehead atoms. The number of hydrogen-bond acceptors (Lipinski definition) is 3. The topological polar surface area (TPSA) is 58.6 Å². The summed E-state index contributed by atoms with van der Waals surface area (Å²) in [4.78, 5) is 12.2. The molecule has 152 valence electrons. The number of ether oxygens (including phenoxy) is 1. The van der Waals surface area contributed by atoms with Gasteiger partial charge in [0, 0.05) is 12.5 Å². The van der Waals surface area contributed by atoms with E-state index in [0.717, 1.165) is 11.1 Å². The molecular weight excluding hydrogens is 374 g/mol. The van der Waals surface area contributed by atoms with Gasteiger partial charge in [-0.1, -0.05) is 66.7 Å². The fourth-order valence-corrected chi connectivity index (χ4v) is 3.91. The summed E-state index contributed by atoms with van der Waals surface area (Å²) in [5.74, 6) is 0.366. The number of amides is 1. The van der Waals surface area contributed by atoms with Gasteiger partial charge in [0.2, 0.25) is 0 Å². The number of alkyl carbamates (subject to hydrolysis) is 1. The van der Waals surface area contributed by atoms with Gasteiger partial charge in [0.15, 0.2) is 0 Å². The van der Waals surface area contributed by atoms with Crippen molar-refractivity contribution in [2.75, 3.05) is 13.2 Å². The minimum Gasteiger partial charge on any atom is -0.508 e. The number of benzene rings is 3. The third-order valence-corrected chi connectivity index (χ3v) is 5.46. The summed E-state index contributed by atoms with van der Waals surface area (Å²) in [6.07, 6.45) is 4.27. The van der Waals surface area contributed by atoms with E-state index >= 15 is 0 Å². The lowest BCUT2D eigenvalue weighted by molar-refractivity contribution is 0.143. The van der Waals surface area contributed by atoms with Crippen LogP contribution in [0.2, 0.25) is 0 Å². The Morgan fingerprint density at radius 2 is 1.70 bits per heavy atom. The van der Waals surface area contributed by atoms with Crippen molar-refractivity contribution in [3.63, 3.8) is 0 Å². The van der Waals surface area contributed by atoms with Gasteiger partial charge in [-0.15, -0.1) is 0 Å². The third kappa shape index (κ3) is 4.23. The van der Waals surface area contributed by atoms with Gasteiger partial charge in [0.25, 0.3) is 0 Å². The molecule has 0 aromatic heterocycles. The van der Waals surface area contributed by atoms with Crippen molar-refractivity contribution >= 4 is 12.2 Å². The predicted molar refractivity (Wildman–Crippen MR) is 120 cm³/mol. The second-order valence-electron chi connectivity index (χ2n) is 7.49. The lowest BCUT2D eigenvalue weighted by Crippen LogP contribution is -2.26. The Hall–Kier alpha value is -3.53. The molecule has 0 aliphatic heterocycles. The molecule has 0 saturated carbocycles. The SMILES string of the molecule is Cc1cc(C=CCCNC(=O)OCC2c3ccccc3-c3ccccc32)ccc1O. The van der Waals surface area contributed by atoms with Crippen LogP contribution in [0.25, 0.3) is 17.2 Å². The number of rotatable bonds is 6. The Bertz CT molecular complexity index is 1040. The molecule has 0 unspecified atom stereocenters. The molecule has 1 aliphatic rings. The number of carbonyl (C=O) groups excluding carboxylic acids is 1. The minimum absolute atomic E-state index is 0.0702. The van der Waals surface area contributed by atoms with Gasteiger partial charge >= 0.3 is 6.09 Å². The Morgan fingerprint density at radius 3 is 2.37 bits per heavy atom. The summed E-state index contributed by atoms with van der Waals surface area (Å²) in [6.45, 7) is 2.69. The van der Waals surface area contributed by atoms with Crippen molar-refractivity contribution in [2.45, 2.75) is 19.3 Å². The van der Waals surface area contributed by atoms with Gasteiger partial charge in [-0.2, -0.15) is 0 Å². The summed E-state index contributed by atoms with van der Waals surface area (Å²) in [5, 5.41) is 12.4. The summed E-state index contributed by atoms with van der Waals surface area (Å²) in [7, 11) is 0. The number of hydrogen-bond donors (Lipinski definition) is 2. The molecule has 30 heavy (non-hydrogen) atoms. The van der Waals surface area contributed by atoms with Crippen LogP contribution < -0.4 is 5.32 Å². The largest absolute Gasteiger partial charge is 0.508 e. The van der Waals surface area contributed by atoms with Crippen molar-refractivity contribution in [1.29, 1.82) is 0 Å². The highest BCUT2D eigenvalue weighted by atomic mass is 16.5. The molecule has 0 radical (unpaired) electrons. The fourth-order valence-electron chi connectivity index (χ4n) is 3.91. The Labute approximate surface area is 176 Å². The molecule has 0 atom stereocenters. The number of carbonyl (C=O) groups is 1. The molecule has 0 saturated heterocycles. The highest BCUT2D eigenvalue weighted by molar-refractivity contribution is 5.79. The van der Waals surface area contributed by atoms with Crippen LogP contribution >= 0.6 is 0 Å². The van der Waals surface area contributed by atoms with Crippen molar-refractivity contribution in [2.24, 2.45) is 0 Å². The maximum absolute atomic E-state index is 12.2. The van der Waals surface area contributed by atoms with Gasteiger partial charge in [0.05, 0.1) is 0 Å². The van der Waals surface area contributed by atoms with E-state index in [0.29, 0.717) is 25.3 Å². The molecule has 3 aromatic carbocycles. The number of fused-ring (bicyclic) bond motifs is 3. The van der Waals surface area contributed by atoms with Crippen LogP contribution in [0.1, 0.15) is 34.6 Å². The first kappa shape index (κ1) is 19.8. The smallest absolute Gasteiger partial charge is 0.407 e. The van der Waals surface area contributed by atoms with E-state index in [4.69, 9.17) is 4.74 Å². The number of nitrogens with one attached hydrogen (secondary N) is 1. The lowest BCUT2D eigenvalue weighted by Gasteiger charge is -2.14. The monoisotopic (exact) mass is 399 g/mol. The second-order valence-corrected chi connectivity index (χ2v) is 7.49. The van der Waals surface area contributed by atoms with Crippen LogP contribution in [0.15, 0.2) is 72.8 Å². The summed E-state index contributed by atoms with van der Waals surface area (Å²) < 4.78 is 5.53. The van der Waals surface area contributed by atoms with E-state index in [1.165, 1.54) is 22.3 Å². The molecule has 4 heteroatoms. The zero-order valence-corrected chi connectivity index (χ0v) is 17.0. The molecule has 0 heterocycles. The van der Waals surface area contributed by atoms with Crippen LogP contribution in [0.5, 0.6) is 5.75 Å². The van der Waals surface area contributed by atoms with Crippen LogP contribution in [0.4, 0.5) is 4.79 Å². The Balaban J connectivity index is 1.27. The average Bonchev–Trinajstić information content (AvgIpc) is 3.08. The van der Waals surface area contributed by atoms with E-state index < -0.39 is 6.09 Å². The normalized spacial score (nSPS) is 12.6. The van der Waals surface area contributed by atoms with Crippen molar-refractivity contribution < 1.29 is 14.6 Å². The van der Waals surface area contributed by atoms with E-state index in [-0.39, 0.29) is 5.92 Å². The average molecular weight is 399 g/mol. The maximum Gasteiger partial charge on any atom is 0.407 e. The zero-order chi connectivity index (χ0) is 20.9. The first-order valence-corrected chi connectivity index (χ1v) is 10.2. The van der Waals surface area contributed by atoms with Gasteiger partial charge in [-0.05, 0) is 58.9 Å². The molecule has 4 nitrogen and oxygen atoms in total. The fraction of sp³-hybridized carbons (Fsp3) is 0.192. The van der Waals surface area contributed by atoms with Crippen molar-refractivity contribution in [3.8, 4) is 16.9 Å². The minimum atomic E-state index is -0.397. The molecular formula is C26H25NO3. The Morgan fingerprint density at radius 1 is 1.03 bits per heavy atom. The number of aromatic hydroxyl groups is 1. The summed E-state index contributed by atoms with van der Waals surface area (Å²) >= 11 is 0. The van der Waals surface area contributed by atoms with Gasteiger partial charge in [-0.3, -0.25) is 0 Å². The standard InChI is InChI=1S/C26H25NO3/c1-18-16-19(13-14-25(18)28)8-6-7-15-27-26(29)30-17-24-22-11-4-2-9-20(22)21-10-3-5-12-23(21)24/h2-6,8-14,16,24,28H,7,15,17H2,1H3,(H,27,29). The van der Waals surface area contributed by atoms with E-state index in [1.807, 2.05) is 55.5 Å². The third-order valence-electron chi connectivity index (χ3n) is 5.46. The van der Waals surface area contributed by atoms with Crippen LogP contribution in [0, 0.1) is 6.92 Å². The molecule has 0 spiro atoms. The van der Waals surface area contributed by atoms with Crippen molar-refractivity contribution in [3.05, 3.63) is 95.1 Å². The highest BCUT2D eigenvalue weighted by Crippen LogP contribution is 2.44. The molecule has 1 aliphatic carbocycles. The Kier molecular flexibility index (Phi) is 5.84. The molecule has 3 aromatic rings. The first-order valence-electron chi connectivity index (χ1n) is 10.2. The lowest BCUT2D eigenvalue weighted by atomic mass is 9.98. The van der Waals surface area contributed by atoms with E-state index in [1.54, 1.807) is 6.07 Å². The second kappa shape index (κ2) is 8.87. The number of phenols is 1. The highest BCUT2D eigenvalue weighted by Gasteiger charge is 2.28. The predicted octanol–water partition coefficient (Wildman–Crippen LogP) is 5.64. The summed E-state index contributed by atoms with van der Waals surface area (Å²) in [6, 6.07) is 22.1. The van der Waals surface area contributed by atoms with Gasteiger partial charge < -0.3 is 15.2 Å². The van der Waals surface area contributed by atoms with E-state index in [2.05, 4.69) is 29.6 Å². The van der Waals surface area contributed by atoms with Gasteiger partial charge in [-0.25, -0.2) is 4.79 Å². The van der Waals surface area contributed by atoms with E-state index in [9.17, 15) is 9.90 Å². The van der Waals surface area contributed by atoms with Crippen LogP contribution in [-0.4, -0.2) is 24.4 Å². The quantitative estimate of drug-likeness (QED) is 0.527.